The van der Waals surface area contributed by atoms with Crippen LogP contribution in [0.1, 0.15) is 29.5 Å². The van der Waals surface area contributed by atoms with Crippen LogP contribution in [0.5, 0.6) is 0 Å². The summed E-state index contributed by atoms with van der Waals surface area (Å²) >= 11 is 1.79. The second-order valence-corrected chi connectivity index (χ2v) is 5.87. The van der Waals surface area contributed by atoms with Gasteiger partial charge in [0, 0.05) is 43.8 Å². The summed E-state index contributed by atoms with van der Waals surface area (Å²) in [5, 5.41) is 3.37. The van der Waals surface area contributed by atoms with Gasteiger partial charge in [0.15, 0.2) is 0 Å². The molecule has 0 radical (unpaired) electrons. The number of likely N-dealkylation sites (tertiary alicyclic amines) is 1. The fraction of sp³-hybridized carbons (Fsp3) is 0.538. The third kappa shape index (κ3) is 2.47. The minimum atomic E-state index is 0.618. The number of thiazole rings is 1. The predicted octanol–water partition coefficient (Wildman–Crippen LogP) is 2.26. The molecule has 18 heavy (non-hydrogen) atoms. The lowest BCUT2D eigenvalue weighted by atomic mass is 9.98. The molecule has 1 atom stereocenters. The Balaban J connectivity index is 1.66. The second kappa shape index (κ2) is 5.20. The monoisotopic (exact) mass is 262 g/mol. The largest absolute Gasteiger partial charge is 0.337 e. The molecular weight excluding hydrogens is 244 g/mol. The molecule has 1 saturated heterocycles. The van der Waals surface area contributed by atoms with Crippen LogP contribution < -0.4 is 0 Å². The summed E-state index contributed by atoms with van der Waals surface area (Å²) < 4.78 is 2.10. The van der Waals surface area contributed by atoms with Crippen LogP contribution in [0, 0.1) is 0 Å². The summed E-state index contributed by atoms with van der Waals surface area (Å²) in [6, 6.07) is 0. The van der Waals surface area contributed by atoms with Gasteiger partial charge in [-0.2, -0.15) is 0 Å². The van der Waals surface area contributed by atoms with Crippen LogP contribution in [0.25, 0.3) is 0 Å². The molecule has 0 aromatic carbocycles. The SMILES string of the molecule is Cn1cncc1CN1CCCC(c2nccs2)C1. The average molecular weight is 262 g/mol. The van der Waals surface area contributed by atoms with Crippen molar-refractivity contribution >= 4 is 11.3 Å². The van der Waals surface area contributed by atoms with E-state index in [0.717, 1.165) is 13.1 Å². The normalized spacial score (nSPS) is 21.3. The van der Waals surface area contributed by atoms with Crippen molar-refractivity contribution in [2.75, 3.05) is 13.1 Å². The van der Waals surface area contributed by atoms with E-state index in [1.54, 1.807) is 11.3 Å². The predicted molar refractivity (Wildman–Crippen MR) is 72.6 cm³/mol. The first-order valence-electron chi connectivity index (χ1n) is 6.40. The molecular formula is C13H18N4S. The smallest absolute Gasteiger partial charge is 0.0968 e. The molecule has 3 rings (SSSR count). The van der Waals surface area contributed by atoms with Crippen molar-refractivity contribution in [2.45, 2.75) is 25.3 Å². The highest BCUT2D eigenvalue weighted by molar-refractivity contribution is 7.09. The van der Waals surface area contributed by atoms with Crippen LogP contribution in [0.3, 0.4) is 0 Å². The zero-order valence-electron chi connectivity index (χ0n) is 10.6. The van der Waals surface area contributed by atoms with Crippen molar-refractivity contribution in [3.05, 3.63) is 34.8 Å². The Kier molecular flexibility index (Phi) is 3.43. The topological polar surface area (TPSA) is 34.0 Å². The van der Waals surface area contributed by atoms with Gasteiger partial charge in [0.25, 0.3) is 0 Å². The van der Waals surface area contributed by atoms with Crippen molar-refractivity contribution in [1.82, 2.24) is 19.4 Å². The van der Waals surface area contributed by atoms with E-state index in [-0.39, 0.29) is 0 Å². The number of aryl methyl sites for hydroxylation is 1. The maximum absolute atomic E-state index is 4.46. The molecule has 2 aromatic heterocycles. The molecule has 3 heterocycles. The molecule has 0 saturated carbocycles. The third-order valence-electron chi connectivity index (χ3n) is 3.61. The molecule has 1 aliphatic rings. The highest BCUT2D eigenvalue weighted by Gasteiger charge is 2.23. The lowest BCUT2D eigenvalue weighted by molar-refractivity contribution is 0.196. The standard InChI is InChI=1S/C13H18N4S/c1-16-10-14-7-12(16)9-17-5-2-3-11(8-17)13-15-4-6-18-13/h4,6-7,10-11H,2-3,5,8-9H2,1H3. The molecule has 96 valence electrons. The van der Waals surface area contributed by atoms with Gasteiger partial charge in [-0.3, -0.25) is 4.90 Å². The molecule has 4 nitrogen and oxygen atoms in total. The molecule has 1 unspecified atom stereocenters. The molecule has 0 N–H and O–H groups in total. The van der Waals surface area contributed by atoms with E-state index >= 15 is 0 Å². The minimum absolute atomic E-state index is 0.618. The fourth-order valence-corrected chi connectivity index (χ4v) is 3.37. The van der Waals surface area contributed by atoms with Crippen LogP contribution in [0.15, 0.2) is 24.1 Å². The van der Waals surface area contributed by atoms with E-state index in [4.69, 9.17) is 0 Å². The van der Waals surface area contributed by atoms with E-state index in [1.165, 1.54) is 30.1 Å². The number of aromatic nitrogens is 3. The van der Waals surface area contributed by atoms with Crippen molar-refractivity contribution in [2.24, 2.45) is 7.05 Å². The second-order valence-electron chi connectivity index (χ2n) is 4.94. The van der Waals surface area contributed by atoms with E-state index in [0.29, 0.717) is 5.92 Å². The van der Waals surface area contributed by atoms with Crippen LogP contribution >= 0.6 is 11.3 Å². The Morgan fingerprint density at radius 2 is 2.44 bits per heavy atom. The Hall–Kier alpha value is -1.20. The van der Waals surface area contributed by atoms with E-state index in [2.05, 4.69) is 31.9 Å². The summed E-state index contributed by atoms with van der Waals surface area (Å²) in [5.74, 6) is 0.618. The number of hydrogen-bond donors (Lipinski definition) is 0. The molecule has 0 aliphatic carbocycles. The first-order chi connectivity index (χ1) is 8.83. The fourth-order valence-electron chi connectivity index (χ4n) is 2.60. The Labute approximate surface area is 111 Å². The van der Waals surface area contributed by atoms with Gasteiger partial charge < -0.3 is 4.57 Å². The van der Waals surface area contributed by atoms with Gasteiger partial charge in [-0.15, -0.1) is 11.3 Å². The summed E-state index contributed by atoms with van der Waals surface area (Å²) in [7, 11) is 2.06. The third-order valence-corrected chi connectivity index (χ3v) is 4.55. The highest BCUT2D eigenvalue weighted by Crippen LogP contribution is 2.28. The minimum Gasteiger partial charge on any atom is -0.337 e. The van der Waals surface area contributed by atoms with Gasteiger partial charge in [-0.1, -0.05) is 0 Å². The maximum Gasteiger partial charge on any atom is 0.0968 e. The first kappa shape index (κ1) is 11.9. The summed E-state index contributed by atoms with van der Waals surface area (Å²) in [6.45, 7) is 3.31. The summed E-state index contributed by atoms with van der Waals surface area (Å²) in [6.07, 6.45) is 8.29. The molecule has 0 spiro atoms. The van der Waals surface area contributed by atoms with Crippen molar-refractivity contribution in [3.8, 4) is 0 Å². The van der Waals surface area contributed by atoms with E-state index < -0.39 is 0 Å². The van der Waals surface area contributed by atoms with E-state index in [9.17, 15) is 0 Å². The number of rotatable bonds is 3. The van der Waals surface area contributed by atoms with Gasteiger partial charge in [0.2, 0.25) is 0 Å². The highest BCUT2D eigenvalue weighted by atomic mass is 32.1. The molecule has 2 aromatic rings. The lowest BCUT2D eigenvalue weighted by Gasteiger charge is -2.31. The quantitative estimate of drug-likeness (QED) is 0.851. The van der Waals surface area contributed by atoms with Gasteiger partial charge >= 0.3 is 0 Å². The van der Waals surface area contributed by atoms with Gasteiger partial charge in [-0.25, -0.2) is 9.97 Å². The van der Waals surface area contributed by atoms with Gasteiger partial charge in [0.1, 0.15) is 0 Å². The number of nitrogens with zero attached hydrogens (tertiary/aromatic N) is 4. The Morgan fingerprint density at radius 3 is 3.17 bits per heavy atom. The van der Waals surface area contributed by atoms with Crippen LogP contribution in [-0.4, -0.2) is 32.5 Å². The van der Waals surface area contributed by atoms with Crippen LogP contribution in [0.2, 0.25) is 0 Å². The van der Waals surface area contributed by atoms with Crippen LogP contribution in [0.4, 0.5) is 0 Å². The molecule has 0 bridgehead atoms. The van der Waals surface area contributed by atoms with Gasteiger partial charge in [-0.05, 0) is 19.4 Å². The number of piperidine rings is 1. The zero-order valence-corrected chi connectivity index (χ0v) is 11.4. The van der Waals surface area contributed by atoms with Crippen molar-refractivity contribution in [1.29, 1.82) is 0 Å². The lowest BCUT2D eigenvalue weighted by Crippen LogP contribution is -2.34. The number of hydrogen-bond acceptors (Lipinski definition) is 4. The van der Waals surface area contributed by atoms with Gasteiger partial charge in [0.05, 0.1) is 17.0 Å². The molecule has 1 fully saturated rings. The van der Waals surface area contributed by atoms with Crippen molar-refractivity contribution in [3.63, 3.8) is 0 Å². The maximum atomic E-state index is 4.46. The molecule has 5 heteroatoms. The van der Waals surface area contributed by atoms with E-state index in [1.807, 2.05) is 18.7 Å². The molecule has 1 aliphatic heterocycles. The van der Waals surface area contributed by atoms with Crippen molar-refractivity contribution < 1.29 is 0 Å². The Morgan fingerprint density at radius 1 is 1.50 bits per heavy atom. The Bertz CT molecular complexity index is 491. The average Bonchev–Trinajstić information content (AvgIpc) is 3.02. The first-order valence-corrected chi connectivity index (χ1v) is 7.28. The molecule has 0 amide bonds. The van der Waals surface area contributed by atoms with Crippen LogP contribution in [-0.2, 0) is 13.6 Å². The summed E-state index contributed by atoms with van der Waals surface area (Å²) in [5.41, 5.74) is 1.29. The zero-order chi connectivity index (χ0) is 12.4. The summed E-state index contributed by atoms with van der Waals surface area (Å²) in [4.78, 5) is 11.2. The number of imidazole rings is 1.